The Hall–Kier alpha value is -2.52. The predicted molar refractivity (Wildman–Crippen MR) is 111 cm³/mol. The van der Waals surface area contributed by atoms with Crippen LogP contribution in [0.15, 0.2) is 6.33 Å². The highest BCUT2D eigenvalue weighted by Gasteiger charge is 2.46. The van der Waals surface area contributed by atoms with Crippen LogP contribution in [0, 0.1) is 0 Å². The summed E-state index contributed by atoms with van der Waals surface area (Å²) in [6.45, 7) is 1.50. The Morgan fingerprint density at radius 1 is 1.26 bits per heavy atom. The minimum atomic E-state index is -3.18. The van der Waals surface area contributed by atoms with E-state index in [0.29, 0.717) is 6.42 Å². The third-order valence-corrected chi connectivity index (χ3v) is 5.26. The van der Waals surface area contributed by atoms with E-state index in [2.05, 4.69) is 19.5 Å². The molecule has 1 saturated heterocycles. The number of esters is 1. The van der Waals surface area contributed by atoms with Gasteiger partial charge < -0.3 is 33.9 Å². The van der Waals surface area contributed by atoms with E-state index < -0.39 is 51.7 Å². The number of rotatable bonds is 12. The van der Waals surface area contributed by atoms with Gasteiger partial charge in [0.1, 0.15) is 18.3 Å². The van der Waals surface area contributed by atoms with Crippen LogP contribution in [-0.2, 0) is 28.1 Å². The van der Waals surface area contributed by atoms with Gasteiger partial charge in [0, 0.05) is 4.57 Å². The van der Waals surface area contributed by atoms with Gasteiger partial charge in [0.2, 0.25) is 5.88 Å². The molecule has 6 atom stereocenters. The van der Waals surface area contributed by atoms with Gasteiger partial charge in [-0.1, -0.05) is 17.9 Å². The molecular weight excluding hydrogens is 479 g/mol. The average molecular weight is 505 g/mol. The third-order valence-electron chi connectivity index (χ3n) is 4.89. The van der Waals surface area contributed by atoms with Gasteiger partial charge in [-0.05, 0) is 6.42 Å². The minimum absolute atomic E-state index is 0.0151. The summed E-state index contributed by atoms with van der Waals surface area (Å²) in [5.74, 6) is -0.875. The van der Waals surface area contributed by atoms with Gasteiger partial charge in [0.25, 0.3) is 0 Å². The maximum absolute atomic E-state index is 12.1. The molecule has 0 bridgehead atoms. The molecule has 16 heteroatoms. The quantitative estimate of drug-likeness (QED) is 0.149. The van der Waals surface area contributed by atoms with E-state index in [0.717, 1.165) is 6.42 Å². The van der Waals surface area contributed by atoms with Gasteiger partial charge in [0.15, 0.2) is 17.4 Å². The summed E-state index contributed by atoms with van der Waals surface area (Å²) in [6, 6.07) is -0.0151. The number of nitrogens with zero attached hydrogens (tertiary/aromatic N) is 4. The van der Waals surface area contributed by atoms with Crippen molar-refractivity contribution >= 4 is 25.4 Å². The molecule has 0 radical (unpaired) electrons. The molecule has 0 saturated carbocycles. The standard InChI is InChI=1S/C18H25N4O11P/c1-4-5-6-30-16(25)17(33-34(26)27)31-7-9-11(23)12(24)15(32-9)22-8-19-10-13(22)20-18(29-3)21-14(10)28-2/h8-9,11-12,15,17,23-24H,4-7H2,1-3H3/p+1/t9-,11-,12-,15-,17?/m1/s1. The van der Waals surface area contributed by atoms with Gasteiger partial charge >= 0.3 is 26.5 Å². The van der Waals surface area contributed by atoms with Crippen LogP contribution in [0.2, 0.25) is 0 Å². The average Bonchev–Trinajstić information content (AvgIpc) is 3.36. The topological polar surface area (TPSA) is 194 Å². The lowest BCUT2D eigenvalue weighted by atomic mass is 10.1. The fourth-order valence-electron chi connectivity index (χ4n) is 3.18. The molecule has 2 unspecified atom stereocenters. The number of methoxy groups -OCH3 is 2. The molecule has 3 heterocycles. The van der Waals surface area contributed by atoms with Gasteiger partial charge in [-0.2, -0.15) is 9.97 Å². The summed E-state index contributed by atoms with van der Waals surface area (Å²) >= 11 is 0. The van der Waals surface area contributed by atoms with Crippen molar-refractivity contribution in [3.8, 4) is 11.9 Å². The van der Waals surface area contributed by atoms with Crippen molar-refractivity contribution in [2.24, 2.45) is 0 Å². The van der Waals surface area contributed by atoms with Crippen LogP contribution in [-0.4, -0.2) is 92.6 Å². The predicted octanol–water partition coefficient (Wildman–Crippen LogP) is -0.185. The van der Waals surface area contributed by atoms with E-state index in [4.69, 9.17) is 28.6 Å². The first kappa shape index (κ1) is 26.1. The Morgan fingerprint density at radius 2 is 2.03 bits per heavy atom. The molecule has 0 aromatic carbocycles. The van der Waals surface area contributed by atoms with Gasteiger partial charge in [0.05, 0.1) is 33.8 Å². The molecule has 0 aliphatic carbocycles. The van der Waals surface area contributed by atoms with Crippen molar-refractivity contribution < 1.29 is 52.7 Å². The number of fused-ring (bicyclic) bond motifs is 1. The van der Waals surface area contributed by atoms with E-state index in [1.807, 2.05) is 6.92 Å². The minimum Gasteiger partial charge on any atom is -0.479 e. The summed E-state index contributed by atoms with van der Waals surface area (Å²) in [4.78, 5) is 33.5. The number of carbonyl (C=O) groups excluding carboxylic acids is 1. The van der Waals surface area contributed by atoms with Gasteiger partial charge in [-0.15, -0.1) is 4.89 Å². The number of carbonyl (C=O) groups is 1. The van der Waals surface area contributed by atoms with E-state index >= 15 is 0 Å². The van der Waals surface area contributed by atoms with Crippen molar-refractivity contribution in [2.45, 2.75) is 50.6 Å². The number of imidazole rings is 1. The fourth-order valence-corrected chi connectivity index (χ4v) is 3.49. The summed E-state index contributed by atoms with van der Waals surface area (Å²) in [6.07, 6.45) is -4.35. The Kier molecular flexibility index (Phi) is 9.02. The zero-order chi connectivity index (χ0) is 24.8. The van der Waals surface area contributed by atoms with E-state index in [9.17, 15) is 19.6 Å². The number of aliphatic hydroxyl groups is 2. The van der Waals surface area contributed by atoms with Crippen LogP contribution < -0.4 is 9.47 Å². The lowest BCUT2D eigenvalue weighted by Crippen LogP contribution is -2.37. The lowest BCUT2D eigenvalue weighted by Gasteiger charge is -2.17. The molecule has 2 aromatic rings. The van der Waals surface area contributed by atoms with E-state index in [-0.39, 0.29) is 29.7 Å². The second-order valence-electron chi connectivity index (χ2n) is 7.12. The largest absolute Gasteiger partial charge is 0.698 e. The Bertz CT molecular complexity index is 1010. The zero-order valence-corrected chi connectivity index (χ0v) is 19.5. The molecule has 34 heavy (non-hydrogen) atoms. The Morgan fingerprint density at radius 3 is 2.68 bits per heavy atom. The summed E-state index contributed by atoms with van der Waals surface area (Å²) in [5.41, 5.74) is 0.475. The molecular formula is C18H26N4O11P+. The molecule has 2 aromatic heterocycles. The maximum Gasteiger partial charge on any atom is 0.698 e. The summed E-state index contributed by atoms with van der Waals surface area (Å²) in [7, 11) is -0.422. The second-order valence-corrected chi connectivity index (χ2v) is 7.81. The van der Waals surface area contributed by atoms with Crippen LogP contribution in [0.4, 0.5) is 0 Å². The molecule has 1 fully saturated rings. The lowest BCUT2D eigenvalue weighted by molar-refractivity contribution is -0.185. The van der Waals surface area contributed by atoms with Crippen LogP contribution >= 0.6 is 8.25 Å². The number of ether oxygens (including phenoxy) is 5. The Balaban J connectivity index is 1.74. The normalized spacial score (nSPS) is 23.6. The highest BCUT2D eigenvalue weighted by molar-refractivity contribution is 7.32. The number of hydrogen-bond acceptors (Lipinski definition) is 13. The first-order chi connectivity index (χ1) is 16.3. The van der Waals surface area contributed by atoms with Gasteiger partial charge in [-0.3, -0.25) is 4.57 Å². The smallest absolute Gasteiger partial charge is 0.479 e. The number of aliphatic hydroxyl groups excluding tert-OH is 2. The van der Waals surface area contributed by atoms with Crippen LogP contribution in [0.3, 0.4) is 0 Å². The Labute approximate surface area is 194 Å². The first-order valence-electron chi connectivity index (χ1n) is 10.3. The monoisotopic (exact) mass is 505 g/mol. The SMILES string of the molecule is CCCCOC(=O)C(OC[C@H]1O[C@@H](n2cnc3c(OC)nc(OC)nc32)[C@H](O)[C@@H]1O)O[P+](=O)O. The van der Waals surface area contributed by atoms with Crippen molar-refractivity contribution in [1.29, 1.82) is 0 Å². The van der Waals surface area contributed by atoms with Crippen LogP contribution in [0.5, 0.6) is 11.9 Å². The van der Waals surface area contributed by atoms with Crippen molar-refractivity contribution in [1.82, 2.24) is 19.5 Å². The molecule has 3 N–H and O–H groups in total. The van der Waals surface area contributed by atoms with Crippen molar-refractivity contribution in [3.05, 3.63) is 6.33 Å². The number of hydrogen-bond donors (Lipinski definition) is 3. The molecule has 188 valence electrons. The fraction of sp³-hybridized carbons (Fsp3) is 0.667. The number of unbranched alkanes of at least 4 members (excludes halogenated alkanes) is 1. The molecule has 1 aliphatic rings. The first-order valence-corrected chi connectivity index (χ1v) is 11.4. The molecule has 0 spiro atoms. The van der Waals surface area contributed by atoms with Crippen LogP contribution in [0.25, 0.3) is 11.2 Å². The van der Waals surface area contributed by atoms with E-state index in [1.165, 1.54) is 25.1 Å². The van der Waals surface area contributed by atoms with Crippen LogP contribution in [0.1, 0.15) is 26.0 Å². The summed E-state index contributed by atoms with van der Waals surface area (Å²) < 4.78 is 43.2. The molecule has 1 aliphatic heterocycles. The zero-order valence-electron chi connectivity index (χ0n) is 18.6. The molecule has 15 nitrogen and oxygen atoms in total. The molecule has 3 rings (SSSR count). The highest BCUT2D eigenvalue weighted by atomic mass is 31.1. The van der Waals surface area contributed by atoms with E-state index in [1.54, 1.807) is 0 Å². The molecule has 0 amide bonds. The van der Waals surface area contributed by atoms with Crippen molar-refractivity contribution in [3.63, 3.8) is 0 Å². The summed E-state index contributed by atoms with van der Waals surface area (Å²) in [5, 5.41) is 21.1. The maximum atomic E-state index is 12.1. The second kappa shape index (κ2) is 11.8. The van der Waals surface area contributed by atoms with Crippen molar-refractivity contribution in [2.75, 3.05) is 27.4 Å². The number of aromatic nitrogens is 4. The highest BCUT2D eigenvalue weighted by Crippen LogP contribution is 2.34. The third kappa shape index (κ3) is 5.75. The van der Waals surface area contributed by atoms with Gasteiger partial charge in [-0.25, -0.2) is 9.78 Å².